The Morgan fingerprint density at radius 3 is 2.25 bits per heavy atom. The largest absolute Gasteiger partial charge is 0.381 e. The number of methoxy groups -OCH3 is 1. The van der Waals surface area contributed by atoms with Crippen LogP contribution < -0.4 is 5.32 Å². The van der Waals surface area contributed by atoms with Crippen molar-refractivity contribution < 1.29 is 14.3 Å². The third-order valence-corrected chi connectivity index (χ3v) is 6.74. The maximum Gasteiger partial charge on any atom is 0.325 e. The molecule has 2 fully saturated rings. The molecule has 1 aliphatic heterocycles. The fraction of sp³-hybridized carbons (Fsp3) is 0.636. The number of likely N-dealkylation sites (N-methyl/N-ethyl adjacent to an activating group) is 1. The molecule has 1 unspecified atom stereocenters. The number of rotatable bonds is 1. The van der Waals surface area contributed by atoms with Crippen LogP contribution in [0.15, 0.2) is 22.7 Å². The second-order valence-electron chi connectivity index (χ2n) is 7.24. The number of ether oxygens (including phenoxy) is 1. The summed E-state index contributed by atoms with van der Waals surface area (Å²) in [5.74, 6) is -0.125. The molecule has 0 bridgehead atoms. The van der Waals surface area contributed by atoms with E-state index in [0.717, 1.165) is 47.7 Å². The first-order valence-electron chi connectivity index (χ1n) is 10.4. The Bertz CT molecular complexity index is 728. The minimum atomic E-state index is -0.934. The van der Waals surface area contributed by atoms with Gasteiger partial charge in [0.25, 0.3) is 5.91 Å². The van der Waals surface area contributed by atoms with Crippen molar-refractivity contribution in [3.05, 3.63) is 33.8 Å². The summed E-state index contributed by atoms with van der Waals surface area (Å²) in [6, 6.07) is 5.79. The third-order valence-electron chi connectivity index (χ3n) is 6.25. The normalized spacial score (nSPS) is 30.4. The molecule has 1 N–H and O–H groups in total. The van der Waals surface area contributed by atoms with Crippen molar-refractivity contribution in [3.8, 4) is 0 Å². The molecule has 3 aliphatic rings. The van der Waals surface area contributed by atoms with Gasteiger partial charge in [0.05, 0.1) is 6.10 Å². The van der Waals surface area contributed by atoms with E-state index in [-0.39, 0.29) is 23.5 Å². The third kappa shape index (κ3) is 3.28. The summed E-state index contributed by atoms with van der Waals surface area (Å²) in [4.78, 5) is 26.8. The highest BCUT2D eigenvalue weighted by molar-refractivity contribution is 9.10. The summed E-state index contributed by atoms with van der Waals surface area (Å²) in [5.41, 5.74) is 0.924. The molecule has 5 nitrogen and oxygen atoms in total. The average Bonchev–Trinajstić information content (AvgIpc) is 3.13. The minimum Gasteiger partial charge on any atom is -0.381 e. The lowest BCUT2D eigenvalue weighted by Gasteiger charge is -2.46. The van der Waals surface area contributed by atoms with E-state index in [9.17, 15) is 9.59 Å². The van der Waals surface area contributed by atoms with Crippen LogP contribution in [0.1, 0.15) is 64.5 Å². The molecule has 4 rings (SSSR count). The van der Waals surface area contributed by atoms with Gasteiger partial charge >= 0.3 is 6.03 Å². The Hall–Kier alpha value is -1.40. The van der Waals surface area contributed by atoms with Crippen molar-refractivity contribution in [1.29, 1.82) is 0 Å². The van der Waals surface area contributed by atoms with Gasteiger partial charge in [-0.15, -0.1) is 0 Å². The number of hydrogen-bond acceptors (Lipinski definition) is 3. The second kappa shape index (κ2) is 8.95. The number of carbonyl (C=O) groups excluding carboxylic acids is 2. The molecule has 1 heterocycles. The Labute approximate surface area is 177 Å². The van der Waals surface area contributed by atoms with Crippen LogP contribution >= 0.6 is 15.9 Å². The first kappa shape index (κ1) is 22.9. The van der Waals surface area contributed by atoms with Crippen LogP contribution in [0.2, 0.25) is 0 Å². The highest BCUT2D eigenvalue weighted by Gasteiger charge is 2.67. The van der Waals surface area contributed by atoms with E-state index in [1.165, 1.54) is 4.90 Å². The van der Waals surface area contributed by atoms with Crippen LogP contribution in [0.5, 0.6) is 0 Å². The van der Waals surface area contributed by atoms with Crippen LogP contribution in [-0.4, -0.2) is 37.1 Å². The number of amides is 3. The number of imide groups is 1. The first-order chi connectivity index (χ1) is 13.4. The van der Waals surface area contributed by atoms with E-state index in [4.69, 9.17) is 4.74 Å². The summed E-state index contributed by atoms with van der Waals surface area (Å²) in [6.07, 6.45) is 4.65. The Kier molecular flexibility index (Phi) is 7.32. The van der Waals surface area contributed by atoms with Crippen molar-refractivity contribution in [2.75, 3.05) is 14.2 Å². The summed E-state index contributed by atoms with van der Waals surface area (Å²) in [6.45, 7) is 8.00. The van der Waals surface area contributed by atoms with Gasteiger partial charge in [0.1, 0.15) is 0 Å². The number of hydrogen-bond donors (Lipinski definition) is 1. The van der Waals surface area contributed by atoms with E-state index in [0.29, 0.717) is 0 Å². The molecule has 1 aromatic carbocycles. The summed E-state index contributed by atoms with van der Waals surface area (Å²) in [5, 5.41) is 3.08. The number of halogens is 1. The van der Waals surface area contributed by atoms with Crippen molar-refractivity contribution in [2.45, 2.75) is 71.4 Å². The van der Waals surface area contributed by atoms with Gasteiger partial charge in [0.2, 0.25) is 0 Å². The molecule has 1 saturated heterocycles. The van der Waals surface area contributed by atoms with Crippen molar-refractivity contribution in [1.82, 2.24) is 10.2 Å². The van der Waals surface area contributed by atoms with E-state index in [2.05, 4.69) is 27.3 Å². The lowest BCUT2D eigenvalue weighted by atomic mass is 9.61. The molecule has 28 heavy (non-hydrogen) atoms. The summed E-state index contributed by atoms with van der Waals surface area (Å²) < 4.78 is 6.45. The molecule has 1 aromatic rings. The van der Waals surface area contributed by atoms with Crippen molar-refractivity contribution >= 4 is 27.9 Å². The van der Waals surface area contributed by atoms with Gasteiger partial charge in [-0.3, -0.25) is 9.69 Å². The quantitative estimate of drug-likeness (QED) is 0.609. The van der Waals surface area contributed by atoms with E-state index in [1.54, 1.807) is 14.2 Å². The molecule has 1 saturated carbocycles. The highest BCUT2D eigenvalue weighted by atomic mass is 79.9. The Balaban J connectivity index is 0.000000660. The topological polar surface area (TPSA) is 58.6 Å². The second-order valence-corrected chi connectivity index (χ2v) is 8.15. The molecule has 0 radical (unpaired) electrons. The fourth-order valence-corrected chi connectivity index (χ4v) is 5.31. The zero-order valence-electron chi connectivity index (χ0n) is 17.9. The zero-order valence-corrected chi connectivity index (χ0v) is 19.5. The number of carbonyl (C=O) groups is 2. The molecule has 0 aromatic heterocycles. The zero-order chi connectivity index (χ0) is 21.1. The number of benzene rings is 1. The van der Waals surface area contributed by atoms with Crippen LogP contribution in [-0.2, 0) is 21.5 Å². The van der Waals surface area contributed by atoms with E-state index >= 15 is 0 Å². The maximum atomic E-state index is 13.2. The molecule has 2 spiro atoms. The highest BCUT2D eigenvalue weighted by Crippen LogP contribution is 2.60. The summed E-state index contributed by atoms with van der Waals surface area (Å²) >= 11 is 3.52. The standard InChI is InChI=1S/C18H21BrN2O3.2C2H6/c1-21-15(22)18(20-16(21)23)14-9-12(19)4-3-11(14)10-17(18)7-5-13(24-2)6-8-17;2*1-2/h3-4,9,13H,5-8,10H2,1-2H3,(H,20,23);2*1-2H3. The van der Waals surface area contributed by atoms with Crippen LogP contribution in [0.25, 0.3) is 0 Å². The Morgan fingerprint density at radius 2 is 1.75 bits per heavy atom. The minimum absolute atomic E-state index is 0.125. The SMILES string of the molecule is CC.CC.COC1CCC2(CC1)Cc1ccc(Br)cc1C21NC(=O)N(C)C1=O. The molecular weight excluding hydrogens is 420 g/mol. The van der Waals surface area contributed by atoms with Crippen LogP contribution in [0, 0.1) is 5.41 Å². The molecule has 6 heteroatoms. The first-order valence-corrected chi connectivity index (χ1v) is 11.1. The Morgan fingerprint density at radius 1 is 1.14 bits per heavy atom. The predicted octanol–water partition coefficient (Wildman–Crippen LogP) is 5.01. The van der Waals surface area contributed by atoms with Gasteiger partial charge in [0, 0.05) is 24.0 Å². The van der Waals surface area contributed by atoms with Gasteiger partial charge in [-0.25, -0.2) is 4.79 Å². The summed E-state index contributed by atoms with van der Waals surface area (Å²) in [7, 11) is 3.31. The van der Waals surface area contributed by atoms with Crippen molar-refractivity contribution in [3.63, 3.8) is 0 Å². The van der Waals surface area contributed by atoms with Gasteiger partial charge in [0.15, 0.2) is 5.54 Å². The van der Waals surface area contributed by atoms with E-state index < -0.39 is 5.54 Å². The molecular formula is C22H33BrN2O3. The van der Waals surface area contributed by atoms with Gasteiger partial charge < -0.3 is 10.1 Å². The van der Waals surface area contributed by atoms with Gasteiger partial charge in [-0.1, -0.05) is 49.7 Å². The average molecular weight is 453 g/mol. The lowest BCUT2D eigenvalue weighted by molar-refractivity contribution is -0.137. The number of nitrogens with zero attached hydrogens (tertiary/aromatic N) is 1. The predicted molar refractivity (Wildman–Crippen MR) is 115 cm³/mol. The molecule has 156 valence electrons. The maximum absolute atomic E-state index is 13.2. The van der Waals surface area contributed by atoms with Crippen LogP contribution in [0.4, 0.5) is 4.79 Å². The molecule has 3 amide bonds. The van der Waals surface area contributed by atoms with E-state index in [1.807, 2.05) is 39.8 Å². The van der Waals surface area contributed by atoms with Gasteiger partial charge in [-0.05, 0) is 55.4 Å². The lowest BCUT2D eigenvalue weighted by Crippen LogP contribution is -2.56. The van der Waals surface area contributed by atoms with Gasteiger partial charge in [-0.2, -0.15) is 0 Å². The number of fused-ring (bicyclic) bond motifs is 3. The molecule has 1 atom stereocenters. The fourth-order valence-electron chi connectivity index (χ4n) is 4.95. The van der Waals surface area contributed by atoms with Crippen LogP contribution in [0.3, 0.4) is 0 Å². The smallest absolute Gasteiger partial charge is 0.325 e. The molecule has 2 aliphatic carbocycles. The number of urea groups is 1. The number of nitrogens with one attached hydrogen (secondary N) is 1. The van der Waals surface area contributed by atoms with Crippen molar-refractivity contribution in [2.24, 2.45) is 5.41 Å². The monoisotopic (exact) mass is 452 g/mol.